The SMILES string of the molecule is COc1nc(N)nc2c1nc(C)n2C1OC(COP(=O)(NC(C)C(=O)OC2CCCCC2)NC(C)C(=O)OC2CCCCC2)C(O)C1(C)O. The number of nitrogens with two attached hydrogens (primary N) is 1. The van der Waals surface area contributed by atoms with E-state index in [1.165, 1.54) is 32.4 Å². The van der Waals surface area contributed by atoms with Gasteiger partial charge in [-0.2, -0.15) is 9.97 Å². The van der Waals surface area contributed by atoms with Crippen LogP contribution in [0.25, 0.3) is 11.2 Å². The minimum absolute atomic E-state index is 0.103. The van der Waals surface area contributed by atoms with Gasteiger partial charge in [-0.3, -0.25) is 18.7 Å². The molecular weight excluding hydrogens is 661 g/mol. The van der Waals surface area contributed by atoms with E-state index in [0.717, 1.165) is 64.2 Å². The number of aliphatic hydroxyl groups excluding tert-OH is 1. The largest absolute Gasteiger partial charge is 0.479 e. The third-order valence-electron chi connectivity index (χ3n) is 9.41. The second-order valence-electron chi connectivity index (χ2n) is 13.4. The number of hydrogen-bond donors (Lipinski definition) is 5. The Bertz CT molecular complexity index is 1480. The number of ether oxygens (including phenoxy) is 4. The number of anilines is 1. The van der Waals surface area contributed by atoms with Gasteiger partial charge in [-0.25, -0.2) is 15.2 Å². The van der Waals surface area contributed by atoms with Gasteiger partial charge in [0.15, 0.2) is 17.4 Å². The van der Waals surface area contributed by atoms with E-state index < -0.39 is 62.3 Å². The van der Waals surface area contributed by atoms with Gasteiger partial charge < -0.3 is 39.4 Å². The number of rotatable bonds is 13. The van der Waals surface area contributed by atoms with Crippen molar-refractivity contribution in [2.75, 3.05) is 19.5 Å². The van der Waals surface area contributed by atoms with E-state index in [1.54, 1.807) is 6.92 Å². The van der Waals surface area contributed by atoms with Crippen molar-refractivity contribution >= 4 is 36.7 Å². The summed E-state index contributed by atoms with van der Waals surface area (Å²) in [4.78, 5) is 38.8. The Balaban J connectivity index is 1.33. The predicted octanol–water partition coefficient (Wildman–Crippen LogP) is 2.57. The van der Waals surface area contributed by atoms with Crippen molar-refractivity contribution < 1.29 is 47.8 Å². The number of aryl methyl sites for hydroxylation is 1. The second-order valence-corrected chi connectivity index (χ2v) is 15.3. The number of esters is 2. The number of methoxy groups -OCH3 is 1. The van der Waals surface area contributed by atoms with Crippen molar-refractivity contribution in [3.05, 3.63) is 5.82 Å². The van der Waals surface area contributed by atoms with Crippen LogP contribution in [0.5, 0.6) is 5.88 Å². The molecule has 0 aromatic carbocycles. The van der Waals surface area contributed by atoms with Crippen molar-refractivity contribution in [1.82, 2.24) is 29.7 Å². The molecule has 3 aliphatic rings. The molecule has 5 rings (SSSR count). The zero-order valence-electron chi connectivity index (χ0n) is 28.8. The van der Waals surface area contributed by atoms with Gasteiger partial charge in [0.1, 0.15) is 47.9 Å². The Morgan fingerprint density at radius 2 is 1.53 bits per heavy atom. The maximum absolute atomic E-state index is 14.4. The molecule has 6 unspecified atom stereocenters. The first-order chi connectivity index (χ1) is 23.2. The molecule has 0 radical (unpaired) electrons. The molecular formula is C31H50N7O10P. The lowest BCUT2D eigenvalue weighted by Crippen LogP contribution is -2.46. The Kier molecular flexibility index (Phi) is 11.8. The highest BCUT2D eigenvalue weighted by Crippen LogP contribution is 2.45. The molecule has 3 fully saturated rings. The summed E-state index contributed by atoms with van der Waals surface area (Å²) in [5, 5.41) is 28.2. The van der Waals surface area contributed by atoms with Crippen molar-refractivity contribution in [1.29, 1.82) is 0 Å². The molecule has 0 spiro atoms. The van der Waals surface area contributed by atoms with Gasteiger partial charge in [-0.15, -0.1) is 0 Å². The number of imidazole rings is 1. The molecule has 49 heavy (non-hydrogen) atoms. The summed E-state index contributed by atoms with van der Waals surface area (Å²) in [6.07, 6.45) is 4.53. The van der Waals surface area contributed by atoms with Crippen LogP contribution in [0.3, 0.4) is 0 Å². The normalized spacial score (nSPS) is 27.8. The third kappa shape index (κ3) is 8.52. The topological polar surface area (TPSA) is 231 Å². The molecule has 17 nitrogen and oxygen atoms in total. The number of fused-ring (bicyclic) bond motifs is 1. The van der Waals surface area contributed by atoms with E-state index >= 15 is 0 Å². The lowest BCUT2D eigenvalue weighted by molar-refractivity contribution is -0.152. The number of hydrogen-bond acceptors (Lipinski definition) is 14. The molecule has 0 amide bonds. The summed E-state index contributed by atoms with van der Waals surface area (Å²) in [5.74, 6) is -0.859. The van der Waals surface area contributed by atoms with Gasteiger partial charge >= 0.3 is 19.6 Å². The second kappa shape index (κ2) is 15.5. The average molecular weight is 712 g/mol. The molecule has 18 heteroatoms. The molecule has 6 atom stereocenters. The molecule has 3 heterocycles. The van der Waals surface area contributed by atoms with E-state index in [-0.39, 0.29) is 35.2 Å². The number of nitrogens with zero attached hydrogens (tertiary/aromatic N) is 4. The average Bonchev–Trinajstić information content (AvgIpc) is 3.50. The highest BCUT2D eigenvalue weighted by Gasteiger charge is 2.54. The predicted molar refractivity (Wildman–Crippen MR) is 176 cm³/mol. The summed E-state index contributed by atoms with van der Waals surface area (Å²) < 4.78 is 44.5. The van der Waals surface area contributed by atoms with Crippen molar-refractivity contribution in [3.63, 3.8) is 0 Å². The number of aliphatic hydroxyl groups is 2. The monoisotopic (exact) mass is 711 g/mol. The van der Waals surface area contributed by atoms with Gasteiger partial charge in [0.25, 0.3) is 0 Å². The number of carbonyl (C=O) groups is 2. The Labute approximate surface area is 285 Å². The summed E-state index contributed by atoms with van der Waals surface area (Å²) in [6.45, 7) is 5.48. The number of carbonyl (C=O) groups excluding carboxylic acids is 2. The first-order valence-electron chi connectivity index (χ1n) is 17.1. The van der Waals surface area contributed by atoms with Crippen LogP contribution in [0.1, 0.15) is 97.0 Å². The molecule has 1 saturated heterocycles. The first-order valence-corrected chi connectivity index (χ1v) is 18.7. The molecule has 0 bridgehead atoms. The minimum atomic E-state index is -4.26. The zero-order valence-corrected chi connectivity index (χ0v) is 29.7. The van der Waals surface area contributed by atoms with Crippen LogP contribution >= 0.6 is 7.67 Å². The first kappa shape index (κ1) is 37.3. The Morgan fingerprint density at radius 1 is 1.00 bits per heavy atom. The van der Waals surface area contributed by atoms with Crippen molar-refractivity contribution in [2.24, 2.45) is 0 Å². The maximum Gasteiger partial charge on any atom is 0.342 e. The van der Waals surface area contributed by atoms with Crippen LogP contribution in [0.15, 0.2) is 0 Å². The van der Waals surface area contributed by atoms with Gasteiger partial charge in [-0.1, -0.05) is 12.8 Å². The fourth-order valence-corrected chi connectivity index (χ4v) is 8.46. The lowest BCUT2D eigenvalue weighted by atomic mass is 9.96. The summed E-state index contributed by atoms with van der Waals surface area (Å²) in [5.41, 5.74) is 4.44. The van der Waals surface area contributed by atoms with E-state index in [2.05, 4.69) is 25.1 Å². The Morgan fingerprint density at radius 3 is 2.04 bits per heavy atom. The van der Waals surface area contributed by atoms with E-state index in [9.17, 15) is 24.4 Å². The molecule has 6 N–H and O–H groups in total. The number of aromatic nitrogens is 4. The van der Waals surface area contributed by atoms with E-state index in [4.69, 9.17) is 29.2 Å². The highest BCUT2D eigenvalue weighted by molar-refractivity contribution is 7.54. The van der Waals surface area contributed by atoms with Crippen molar-refractivity contribution in [2.45, 2.75) is 140 Å². The zero-order chi connectivity index (χ0) is 35.5. The van der Waals surface area contributed by atoms with Crippen LogP contribution in [-0.2, 0) is 32.9 Å². The van der Waals surface area contributed by atoms with Crippen LogP contribution in [0.4, 0.5) is 5.95 Å². The van der Waals surface area contributed by atoms with Gasteiger partial charge in [0.2, 0.25) is 11.8 Å². The fourth-order valence-electron chi connectivity index (χ4n) is 6.65. The van der Waals surface area contributed by atoms with Gasteiger partial charge in [0.05, 0.1) is 13.7 Å². The smallest absolute Gasteiger partial charge is 0.342 e. The molecule has 274 valence electrons. The van der Waals surface area contributed by atoms with E-state index in [1.807, 2.05) is 0 Å². The number of nitrogens with one attached hydrogen (secondary N) is 2. The van der Waals surface area contributed by atoms with Crippen LogP contribution in [-0.4, -0.2) is 97.5 Å². The quantitative estimate of drug-likeness (QED) is 0.148. The minimum Gasteiger partial charge on any atom is -0.479 e. The van der Waals surface area contributed by atoms with Crippen LogP contribution in [0.2, 0.25) is 0 Å². The lowest BCUT2D eigenvalue weighted by Gasteiger charge is -2.29. The molecule has 2 aromatic heterocycles. The number of nitrogen functional groups attached to an aromatic ring is 1. The van der Waals surface area contributed by atoms with Gasteiger partial charge in [-0.05, 0) is 79.1 Å². The summed E-state index contributed by atoms with van der Waals surface area (Å²) >= 11 is 0. The fraction of sp³-hybridized carbons (Fsp3) is 0.774. The maximum atomic E-state index is 14.4. The molecule has 1 aliphatic heterocycles. The highest BCUT2D eigenvalue weighted by atomic mass is 31.2. The third-order valence-corrected chi connectivity index (χ3v) is 11.4. The van der Waals surface area contributed by atoms with Crippen LogP contribution < -0.4 is 20.6 Å². The van der Waals surface area contributed by atoms with Crippen LogP contribution in [0, 0.1) is 6.92 Å². The van der Waals surface area contributed by atoms with Gasteiger partial charge in [0, 0.05) is 0 Å². The standard InChI is InChI=1S/C31H50N7O10P/c1-17(27(40)46-20-12-8-6-9-13-20)36-49(43,37-18(2)28(41)47-21-14-10-7-11-15-21)45-16-22-24(39)31(4,42)29(48-22)38-19(3)33-23-25(38)34-30(32)35-26(23)44-5/h17-18,20-22,24,29,39,42H,6-16H2,1-5H3,(H2,32,34,35)(H2,36,37,43). The summed E-state index contributed by atoms with van der Waals surface area (Å²) in [6, 6.07) is -2.18. The van der Waals surface area contributed by atoms with E-state index in [0.29, 0.717) is 5.82 Å². The summed E-state index contributed by atoms with van der Waals surface area (Å²) in [7, 11) is -2.85. The Hall–Kier alpha value is -2.92. The van der Waals surface area contributed by atoms with Crippen molar-refractivity contribution in [3.8, 4) is 5.88 Å². The molecule has 2 aromatic rings. The molecule has 2 saturated carbocycles. The molecule has 2 aliphatic carbocycles.